The van der Waals surface area contributed by atoms with Crippen LogP contribution in [0, 0.1) is 0 Å². The van der Waals surface area contributed by atoms with E-state index in [4.69, 9.17) is 9.47 Å². The van der Waals surface area contributed by atoms with Crippen LogP contribution >= 0.6 is 0 Å². The number of benzene rings is 1. The van der Waals surface area contributed by atoms with Crippen molar-refractivity contribution in [2.45, 2.75) is 82.8 Å². The monoisotopic (exact) mass is 466 g/mol. The first-order chi connectivity index (χ1) is 14.3. The molecule has 0 aromatic heterocycles. The van der Waals surface area contributed by atoms with Gasteiger partial charge in [0.15, 0.2) is 5.25 Å². The van der Waals surface area contributed by atoms with Crippen molar-refractivity contribution in [2.24, 2.45) is 0 Å². The Bertz CT molecular complexity index is 723. The van der Waals surface area contributed by atoms with Gasteiger partial charge in [0.2, 0.25) is 0 Å². The summed E-state index contributed by atoms with van der Waals surface area (Å²) < 4.78 is 42.3. The van der Waals surface area contributed by atoms with Crippen LogP contribution in [0.25, 0.3) is 0 Å². The molecule has 1 atom stereocenters. The number of hydrogen-bond donors (Lipinski definition) is 1. The molecule has 1 aromatic rings. The maximum atomic E-state index is 12.1. The Balaban J connectivity index is 0.00000900. The van der Waals surface area contributed by atoms with Crippen molar-refractivity contribution in [3.8, 4) is 5.75 Å². The quantitative estimate of drug-likeness (QED) is 0.129. The van der Waals surface area contributed by atoms with Gasteiger partial charge in [0, 0.05) is 0 Å². The van der Waals surface area contributed by atoms with Crippen LogP contribution in [0.2, 0.25) is 0 Å². The van der Waals surface area contributed by atoms with Gasteiger partial charge in [-0.15, -0.1) is 0 Å². The number of para-hydroxylation sites is 1. The second kappa shape index (κ2) is 17.6. The molecule has 1 N–H and O–H groups in total. The second-order valence-corrected chi connectivity index (χ2v) is 8.94. The standard InChI is InChI=1S/C22H34O7S.Na.H/c1-2-3-4-5-6-7-8-9-10-14-17-28-21(23)18-20(30(25,26)27)22(24)29-19-15-12-11-13-16-19;;/h11-13,15-16,20H,2-10,14,17-18H2,1H3,(H,25,26,27);;. The van der Waals surface area contributed by atoms with E-state index in [0.29, 0.717) is 6.42 Å². The number of rotatable bonds is 16. The van der Waals surface area contributed by atoms with E-state index in [2.05, 4.69) is 6.92 Å². The van der Waals surface area contributed by atoms with Gasteiger partial charge in [0.25, 0.3) is 10.1 Å². The molecular formula is C22H35NaO7S. The molecule has 0 saturated carbocycles. The van der Waals surface area contributed by atoms with Crippen LogP contribution < -0.4 is 4.74 Å². The van der Waals surface area contributed by atoms with Crippen LogP contribution in [0.15, 0.2) is 30.3 Å². The van der Waals surface area contributed by atoms with Gasteiger partial charge >= 0.3 is 41.5 Å². The average Bonchev–Trinajstić information content (AvgIpc) is 2.70. The summed E-state index contributed by atoms with van der Waals surface area (Å²) in [5, 5.41) is -2.02. The summed E-state index contributed by atoms with van der Waals surface area (Å²) in [6, 6.07) is 7.82. The third-order valence-electron chi connectivity index (χ3n) is 4.70. The molecule has 0 aliphatic heterocycles. The van der Waals surface area contributed by atoms with Crippen molar-refractivity contribution < 1.29 is 32.0 Å². The van der Waals surface area contributed by atoms with Gasteiger partial charge in [-0.2, -0.15) is 8.42 Å². The predicted octanol–water partition coefficient (Wildman–Crippen LogP) is 4.05. The van der Waals surface area contributed by atoms with Crippen molar-refractivity contribution in [3.63, 3.8) is 0 Å². The first-order valence-electron chi connectivity index (χ1n) is 10.7. The van der Waals surface area contributed by atoms with Crippen LogP contribution in [0.5, 0.6) is 5.75 Å². The number of unbranched alkanes of at least 4 members (excludes halogenated alkanes) is 9. The van der Waals surface area contributed by atoms with E-state index in [-0.39, 0.29) is 41.9 Å². The molecule has 7 nitrogen and oxygen atoms in total. The Hall–Kier alpha value is -0.930. The average molecular weight is 467 g/mol. The van der Waals surface area contributed by atoms with Crippen LogP contribution in [-0.4, -0.2) is 66.3 Å². The summed E-state index contributed by atoms with van der Waals surface area (Å²) in [7, 11) is -4.81. The number of carbonyl (C=O) groups excluding carboxylic acids is 2. The van der Waals surface area contributed by atoms with Crippen molar-refractivity contribution in [2.75, 3.05) is 6.61 Å². The molecule has 0 amide bonds. The number of hydrogen-bond acceptors (Lipinski definition) is 6. The third-order valence-corrected chi connectivity index (χ3v) is 5.78. The van der Waals surface area contributed by atoms with E-state index in [1.165, 1.54) is 50.7 Å². The molecule has 0 fully saturated rings. The Kier molecular flexibility index (Phi) is 17.1. The van der Waals surface area contributed by atoms with E-state index < -0.39 is 33.7 Å². The summed E-state index contributed by atoms with van der Waals surface area (Å²) in [5.74, 6) is -1.96. The van der Waals surface area contributed by atoms with Crippen molar-refractivity contribution in [1.82, 2.24) is 0 Å². The summed E-state index contributed by atoms with van der Waals surface area (Å²) in [5.41, 5.74) is 0. The molecule has 1 aromatic carbocycles. The molecule has 9 heteroatoms. The van der Waals surface area contributed by atoms with Gasteiger partial charge in [0.05, 0.1) is 13.0 Å². The maximum absolute atomic E-state index is 12.1. The summed E-state index contributed by atoms with van der Waals surface area (Å²) in [6.45, 7) is 2.35. The second-order valence-electron chi connectivity index (χ2n) is 7.34. The topological polar surface area (TPSA) is 107 Å². The van der Waals surface area contributed by atoms with Crippen LogP contribution in [0.3, 0.4) is 0 Å². The number of ether oxygens (including phenoxy) is 2. The summed E-state index contributed by atoms with van der Waals surface area (Å²) in [6.07, 6.45) is 10.6. The third kappa shape index (κ3) is 14.7. The van der Waals surface area contributed by atoms with E-state index in [0.717, 1.165) is 19.3 Å². The SMILES string of the molecule is CCCCCCCCCCCCOC(=O)CC(C(=O)Oc1ccccc1)S(=O)(=O)O.[NaH]. The van der Waals surface area contributed by atoms with E-state index >= 15 is 0 Å². The number of esters is 2. The molecule has 0 bridgehead atoms. The minimum absolute atomic E-state index is 0. The number of carbonyl (C=O) groups is 2. The van der Waals surface area contributed by atoms with Crippen LogP contribution in [0.4, 0.5) is 0 Å². The van der Waals surface area contributed by atoms with Gasteiger partial charge in [-0.1, -0.05) is 82.9 Å². The first kappa shape index (κ1) is 30.1. The molecular weight excluding hydrogens is 431 g/mol. The summed E-state index contributed by atoms with van der Waals surface area (Å²) >= 11 is 0. The molecule has 1 rings (SSSR count). The minimum atomic E-state index is -4.81. The van der Waals surface area contributed by atoms with E-state index in [9.17, 15) is 22.6 Å². The van der Waals surface area contributed by atoms with Gasteiger partial charge < -0.3 is 9.47 Å². The predicted molar refractivity (Wildman–Crippen MR) is 122 cm³/mol. The van der Waals surface area contributed by atoms with Gasteiger partial charge in [-0.05, 0) is 18.6 Å². The van der Waals surface area contributed by atoms with Gasteiger partial charge in [-0.25, -0.2) is 0 Å². The molecule has 0 aliphatic carbocycles. The molecule has 1 unspecified atom stereocenters. The molecule has 31 heavy (non-hydrogen) atoms. The Labute approximate surface area is 208 Å². The first-order valence-corrected chi connectivity index (χ1v) is 12.2. The van der Waals surface area contributed by atoms with Crippen LogP contribution in [-0.2, 0) is 24.4 Å². The normalized spacial score (nSPS) is 11.9. The molecule has 0 aliphatic rings. The van der Waals surface area contributed by atoms with Crippen LogP contribution in [0.1, 0.15) is 77.6 Å². The zero-order valence-electron chi connectivity index (χ0n) is 17.8. The molecule has 172 valence electrons. The zero-order chi connectivity index (χ0) is 22.2. The Morgan fingerprint density at radius 2 is 1.42 bits per heavy atom. The Morgan fingerprint density at radius 3 is 1.94 bits per heavy atom. The van der Waals surface area contributed by atoms with E-state index in [1.54, 1.807) is 18.2 Å². The summed E-state index contributed by atoms with van der Waals surface area (Å²) in [4.78, 5) is 24.0. The fourth-order valence-corrected chi connectivity index (χ4v) is 3.60. The fraction of sp³-hybridized carbons (Fsp3) is 0.636. The van der Waals surface area contributed by atoms with Gasteiger partial charge in [0.1, 0.15) is 5.75 Å². The molecule has 0 radical (unpaired) electrons. The van der Waals surface area contributed by atoms with E-state index in [1.807, 2.05) is 0 Å². The van der Waals surface area contributed by atoms with Crippen molar-refractivity contribution in [3.05, 3.63) is 30.3 Å². The zero-order valence-corrected chi connectivity index (χ0v) is 18.6. The van der Waals surface area contributed by atoms with Crippen molar-refractivity contribution >= 4 is 51.6 Å². The van der Waals surface area contributed by atoms with Gasteiger partial charge in [-0.3, -0.25) is 14.1 Å². The molecule has 0 spiro atoms. The van der Waals surface area contributed by atoms with Crippen molar-refractivity contribution in [1.29, 1.82) is 0 Å². The Morgan fingerprint density at radius 1 is 0.903 bits per heavy atom. The fourth-order valence-electron chi connectivity index (χ4n) is 2.97. The molecule has 0 saturated heterocycles. The molecule has 0 heterocycles.